The van der Waals surface area contributed by atoms with Crippen molar-refractivity contribution in [2.24, 2.45) is 11.8 Å². The van der Waals surface area contributed by atoms with Gasteiger partial charge in [0.15, 0.2) is 11.6 Å². The number of amides is 1. The van der Waals surface area contributed by atoms with E-state index in [2.05, 4.69) is 0 Å². The third kappa shape index (κ3) is 4.43. The fraction of sp³-hybridized carbons (Fsp3) is 0.440. The molecule has 4 rings (SSSR count). The number of nitrogens with zero attached hydrogens (tertiary/aromatic N) is 1. The predicted molar refractivity (Wildman–Crippen MR) is 114 cm³/mol. The van der Waals surface area contributed by atoms with Gasteiger partial charge in [0.25, 0.3) is 5.91 Å². The summed E-state index contributed by atoms with van der Waals surface area (Å²) in [5.74, 6) is -1.26. The highest BCUT2D eigenvalue weighted by molar-refractivity contribution is 5.99. The third-order valence-corrected chi connectivity index (χ3v) is 6.64. The number of hydrogen-bond acceptors (Lipinski definition) is 4. The summed E-state index contributed by atoms with van der Waals surface area (Å²) in [5.41, 5.74) is 1.21. The topological polar surface area (TPSA) is 66.8 Å². The van der Waals surface area contributed by atoms with E-state index in [0.717, 1.165) is 32.1 Å². The van der Waals surface area contributed by atoms with Crippen molar-refractivity contribution < 1.29 is 23.8 Å². The summed E-state index contributed by atoms with van der Waals surface area (Å²) in [5, 5.41) is 9.57. The second-order valence-electron chi connectivity index (χ2n) is 8.62. The summed E-state index contributed by atoms with van der Waals surface area (Å²) in [4.78, 5) is 26.8. The number of rotatable bonds is 6. The van der Waals surface area contributed by atoms with Crippen LogP contribution in [0.2, 0.25) is 0 Å². The van der Waals surface area contributed by atoms with Gasteiger partial charge in [0, 0.05) is 13.1 Å². The minimum absolute atomic E-state index is 0.00700. The molecule has 5 nitrogen and oxygen atoms in total. The van der Waals surface area contributed by atoms with Gasteiger partial charge in [-0.05, 0) is 67.7 Å². The fourth-order valence-electron chi connectivity index (χ4n) is 4.90. The van der Waals surface area contributed by atoms with Crippen LogP contribution in [0.25, 0.3) is 0 Å². The lowest BCUT2D eigenvalue weighted by Gasteiger charge is -2.34. The largest absolute Gasteiger partial charge is 0.505 e. The van der Waals surface area contributed by atoms with Crippen LogP contribution >= 0.6 is 0 Å². The van der Waals surface area contributed by atoms with Crippen molar-refractivity contribution in [3.05, 3.63) is 65.0 Å². The average Bonchev–Trinajstić information content (AvgIpc) is 3.11. The molecule has 2 aromatic carbocycles. The number of halogens is 1. The average molecular weight is 426 g/mol. The Balaban J connectivity index is 1.31. The van der Waals surface area contributed by atoms with Gasteiger partial charge in [-0.25, -0.2) is 9.18 Å². The van der Waals surface area contributed by atoms with E-state index in [9.17, 15) is 19.1 Å². The van der Waals surface area contributed by atoms with Gasteiger partial charge in [-0.3, -0.25) is 4.79 Å². The maximum Gasteiger partial charge on any atom is 0.338 e. The first-order valence-electron chi connectivity index (χ1n) is 11.0. The zero-order chi connectivity index (χ0) is 22.0. The molecule has 0 radical (unpaired) electrons. The van der Waals surface area contributed by atoms with Crippen molar-refractivity contribution in [1.82, 2.24) is 4.90 Å². The van der Waals surface area contributed by atoms with Crippen LogP contribution in [0, 0.1) is 17.7 Å². The Labute approximate surface area is 181 Å². The van der Waals surface area contributed by atoms with Crippen molar-refractivity contribution >= 4 is 11.9 Å². The van der Waals surface area contributed by atoms with E-state index >= 15 is 0 Å². The van der Waals surface area contributed by atoms with E-state index < -0.39 is 11.6 Å². The molecule has 164 valence electrons. The number of hydrogen-bond donors (Lipinski definition) is 1. The molecular formula is C25H28FNO4. The zero-order valence-electron chi connectivity index (χ0n) is 17.7. The molecule has 1 N–H and O–H groups in total. The zero-order valence-corrected chi connectivity index (χ0v) is 17.7. The molecule has 0 saturated heterocycles. The molecule has 31 heavy (non-hydrogen) atoms. The van der Waals surface area contributed by atoms with Crippen LogP contribution in [-0.2, 0) is 11.3 Å². The number of fused-ring (bicyclic) bond motifs is 1. The molecule has 0 spiro atoms. The van der Waals surface area contributed by atoms with Crippen molar-refractivity contribution in [3.63, 3.8) is 0 Å². The number of carbonyl (C=O) groups excluding carboxylic acids is 2. The lowest BCUT2D eigenvalue weighted by molar-refractivity contribution is 0.00242. The first-order chi connectivity index (χ1) is 15.0. The molecule has 0 aromatic heterocycles. The van der Waals surface area contributed by atoms with Gasteiger partial charge < -0.3 is 14.7 Å². The van der Waals surface area contributed by atoms with E-state index in [1.807, 2.05) is 25.1 Å². The van der Waals surface area contributed by atoms with Crippen molar-refractivity contribution in [2.75, 3.05) is 6.54 Å². The summed E-state index contributed by atoms with van der Waals surface area (Å²) in [6.45, 7) is 3.01. The second-order valence-corrected chi connectivity index (χ2v) is 8.62. The summed E-state index contributed by atoms with van der Waals surface area (Å²) in [7, 11) is 0. The van der Waals surface area contributed by atoms with Crippen molar-refractivity contribution in [1.29, 1.82) is 0 Å². The molecule has 0 bridgehead atoms. The number of carbonyl (C=O) groups is 2. The van der Waals surface area contributed by atoms with Gasteiger partial charge in [0.2, 0.25) is 0 Å². The number of phenols is 1. The standard InChI is InChI=1S/C25H28FNO4/c1-2-21(31-25(30)18-6-4-3-5-7-18)17-10-8-16(9-11-17)14-27-15-19-12-13-20(28)23(26)22(19)24(27)29/h3-7,12-13,16-17,21,28H,2,8-11,14-15H2,1H3. The molecule has 6 heteroatoms. The Kier molecular flexibility index (Phi) is 6.25. The van der Waals surface area contributed by atoms with Crippen LogP contribution in [0.3, 0.4) is 0 Å². The second kappa shape index (κ2) is 9.08. The van der Waals surface area contributed by atoms with Crippen molar-refractivity contribution in [3.8, 4) is 5.75 Å². The van der Waals surface area contributed by atoms with Gasteiger partial charge in [-0.2, -0.15) is 0 Å². The minimum atomic E-state index is -0.820. The fourth-order valence-corrected chi connectivity index (χ4v) is 4.90. The first-order valence-corrected chi connectivity index (χ1v) is 11.0. The lowest BCUT2D eigenvalue weighted by Crippen LogP contribution is -2.35. The Morgan fingerprint density at radius 3 is 2.55 bits per heavy atom. The SMILES string of the molecule is CCC(OC(=O)c1ccccc1)C1CCC(CN2Cc3ccc(O)c(F)c3C2=O)CC1. The maximum absolute atomic E-state index is 14.2. The molecule has 1 fully saturated rings. The monoisotopic (exact) mass is 425 g/mol. The molecular weight excluding hydrogens is 397 g/mol. The van der Waals surface area contributed by atoms with Gasteiger partial charge >= 0.3 is 5.97 Å². The Hall–Kier alpha value is -2.89. The molecule has 2 aliphatic rings. The summed E-state index contributed by atoms with van der Waals surface area (Å²) < 4.78 is 20.0. The Morgan fingerprint density at radius 1 is 1.16 bits per heavy atom. The molecule has 1 saturated carbocycles. The molecule has 1 amide bonds. The first kappa shape index (κ1) is 21.3. The predicted octanol–water partition coefficient (Wildman–Crippen LogP) is 4.93. The summed E-state index contributed by atoms with van der Waals surface area (Å²) in [6.07, 6.45) is 4.43. The molecule has 1 aliphatic carbocycles. The minimum Gasteiger partial charge on any atom is -0.505 e. The van der Waals surface area contributed by atoms with Gasteiger partial charge in [-0.1, -0.05) is 31.2 Å². The van der Waals surface area contributed by atoms with E-state index in [1.165, 1.54) is 6.07 Å². The van der Waals surface area contributed by atoms with Crippen LogP contribution in [0.4, 0.5) is 4.39 Å². The normalized spacial score (nSPS) is 21.6. The smallest absolute Gasteiger partial charge is 0.338 e. The van der Waals surface area contributed by atoms with Crippen LogP contribution in [0.1, 0.15) is 65.3 Å². The number of phenolic OH excluding ortho intramolecular Hbond substituents is 1. The van der Waals surface area contributed by atoms with Gasteiger partial charge in [0.05, 0.1) is 11.1 Å². The quantitative estimate of drug-likeness (QED) is 0.667. The molecule has 1 aliphatic heterocycles. The molecule has 2 aromatic rings. The van der Waals surface area contributed by atoms with Crippen molar-refractivity contribution in [2.45, 2.75) is 51.7 Å². The molecule has 1 atom stereocenters. The Bertz CT molecular complexity index is 953. The number of aromatic hydroxyl groups is 1. The third-order valence-electron chi connectivity index (χ3n) is 6.64. The number of benzene rings is 2. The van der Waals surface area contributed by atoms with E-state index in [1.54, 1.807) is 23.1 Å². The van der Waals surface area contributed by atoms with Gasteiger partial charge in [0.1, 0.15) is 6.10 Å². The summed E-state index contributed by atoms with van der Waals surface area (Å²) in [6, 6.07) is 12.0. The maximum atomic E-state index is 14.2. The van der Waals surface area contributed by atoms with Crippen LogP contribution < -0.4 is 0 Å². The van der Waals surface area contributed by atoms with E-state index in [0.29, 0.717) is 36.1 Å². The highest BCUT2D eigenvalue weighted by atomic mass is 19.1. The van der Waals surface area contributed by atoms with E-state index in [-0.39, 0.29) is 23.5 Å². The molecule has 1 heterocycles. The molecule has 1 unspecified atom stereocenters. The highest BCUT2D eigenvalue weighted by Crippen LogP contribution is 2.36. The Morgan fingerprint density at radius 2 is 1.87 bits per heavy atom. The van der Waals surface area contributed by atoms with Crippen LogP contribution in [0.15, 0.2) is 42.5 Å². The highest BCUT2D eigenvalue weighted by Gasteiger charge is 2.35. The van der Waals surface area contributed by atoms with Gasteiger partial charge in [-0.15, -0.1) is 0 Å². The summed E-state index contributed by atoms with van der Waals surface area (Å²) >= 11 is 0. The number of esters is 1. The number of ether oxygens (including phenoxy) is 1. The lowest BCUT2D eigenvalue weighted by atomic mass is 9.78. The van der Waals surface area contributed by atoms with Crippen LogP contribution in [-0.4, -0.2) is 34.5 Å². The van der Waals surface area contributed by atoms with E-state index in [4.69, 9.17) is 4.74 Å². The van der Waals surface area contributed by atoms with Crippen LogP contribution in [0.5, 0.6) is 5.75 Å².